The number of hydrogen-bond acceptors (Lipinski definition) is 2. The van der Waals surface area contributed by atoms with Crippen LogP contribution in [0.3, 0.4) is 0 Å². The molecular weight excluding hydrogens is 198 g/mol. The highest BCUT2D eigenvalue weighted by Crippen LogP contribution is 2.18. The van der Waals surface area contributed by atoms with E-state index in [0.29, 0.717) is 12.1 Å². The van der Waals surface area contributed by atoms with Gasteiger partial charge in [-0.3, -0.25) is 0 Å². The molecule has 0 heterocycles. The molecule has 1 N–H and O–H groups in total. The lowest BCUT2D eigenvalue weighted by Gasteiger charge is -2.20. The molecule has 0 radical (unpaired) electrons. The Hall–Kier alpha value is -1.02. The molecule has 0 spiro atoms. The molecule has 2 heteroatoms. The summed E-state index contributed by atoms with van der Waals surface area (Å²) in [5.41, 5.74) is 1.31. The summed E-state index contributed by atoms with van der Waals surface area (Å²) in [7, 11) is 1.69. The molecule has 0 bridgehead atoms. The Morgan fingerprint density at radius 3 is 2.31 bits per heavy atom. The Kier molecular flexibility index (Phi) is 5.33. The van der Waals surface area contributed by atoms with Crippen LogP contribution in [-0.4, -0.2) is 13.2 Å². The zero-order valence-corrected chi connectivity index (χ0v) is 10.8. The van der Waals surface area contributed by atoms with Crippen molar-refractivity contribution in [3.05, 3.63) is 29.8 Å². The van der Waals surface area contributed by atoms with Crippen LogP contribution in [-0.2, 0) is 0 Å². The largest absolute Gasteiger partial charge is 0.497 e. The molecule has 0 aliphatic rings. The molecular formula is C14H23NO. The molecule has 16 heavy (non-hydrogen) atoms. The molecule has 0 saturated carbocycles. The fourth-order valence-electron chi connectivity index (χ4n) is 1.93. The molecule has 1 aromatic rings. The van der Waals surface area contributed by atoms with Gasteiger partial charge in [-0.25, -0.2) is 0 Å². The van der Waals surface area contributed by atoms with E-state index in [1.54, 1.807) is 7.11 Å². The zero-order valence-electron chi connectivity index (χ0n) is 10.8. The summed E-state index contributed by atoms with van der Waals surface area (Å²) < 4.78 is 5.15. The highest BCUT2D eigenvalue weighted by atomic mass is 16.5. The van der Waals surface area contributed by atoms with Crippen LogP contribution in [0.4, 0.5) is 0 Å². The van der Waals surface area contributed by atoms with Gasteiger partial charge in [-0.15, -0.1) is 0 Å². The average Bonchev–Trinajstić information content (AvgIpc) is 2.29. The lowest BCUT2D eigenvalue weighted by atomic mass is 10.1. The fourth-order valence-corrected chi connectivity index (χ4v) is 1.93. The van der Waals surface area contributed by atoms with E-state index in [1.807, 2.05) is 12.1 Å². The van der Waals surface area contributed by atoms with Crippen molar-refractivity contribution in [2.45, 2.75) is 45.7 Å². The second kappa shape index (κ2) is 6.54. The Morgan fingerprint density at radius 2 is 1.81 bits per heavy atom. The number of hydrogen-bond donors (Lipinski definition) is 1. The fraction of sp³-hybridized carbons (Fsp3) is 0.571. The SMILES string of the molecule is CCCC(C)N[C@H](C)c1ccc(OC)cc1. The predicted octanol–water partition coefficient (Wildman–Crippen LogP) is 3.53. The standard InChI is InChI=1S/C14H23NO/c1-5-6-11(2)15-12(3)13-7-9-14(16-4)10-8-13/h7-12,15H,5-6H2,1-4H3/t11?,12-/m1/s1. The van der Waals surface area contributed by atoms with Gasteiger partial charge in [-0.1, -0.05) is 25.5 Å². The maximum atomic E-state index is 5.15. The number of ether oxygens (including phenoxy) is 1. The van der Waals surface area contributed by atoms with Gasteiger partial charge in [0.2, 0.25) is 0 Å². The van der Waals surface area contributed by atoms with Gasteiger partial charge in [0, 0.05) is 12.1 Å². The highest BCUT2D eigenvalue weighted by molar-refractivity contribution is 5.28. The summed E-state index contributed by atoms with van der Waals surface area (Å²) in [4.78, 5) is 0. The van der Waals surface area contributed by atoms with Crippen LogP contribution in [0.25, 0.3) is 0 Å². The molecule has 0 amide bonds. The Balaban J connectivity index is 2.55. The van der Waals surface area contributed by atoms with E-state index >= 15 is 0 Å². The van der Waals surface area contributed by atoms with Crippen LogP contribution >= 0.6 is 0 Å². The summed E-state index contributed by atoms with van der Waals surface area (Å²) in [6, 6.07) is 9.23. The monoisotopic (exact) mass is 221 g/mol. The summed E-state index contributed by atoms with van der Waals surface area (Å²) in [6.07, 6.45) is 2.45. The van der Waals surface area contributed by atoms with Crippen molar-refractivity contribution >= 4 is 0 Å². The first-order chi connectivity index (χ1) is 7.67. The van der Waals surface area contributed by atoms with E-state index in [1.165, 1.54) is 18.4 Å². The van der Waals surface area contributed by atoms with Crippen molar-refractivity contribution in [2.75, 3.05) is 7.11 Å². The second-order valence-electron chi connectivity index (χ2n) is 4.35. The maximum Gasteiger partial charge on any atom is 0.118 e. The molecule has 0 fully saturated rings. The lowest BCUT2D eigenvalue weighted by molar-refractivity contribution is 0.413. The Labute approximate surface area is 99.0 Å². The van der Waals surface area contributed by atoms with Gasteiger partial charge in [-0.2, -0.15) is 0 Å². The van der Waals surface area contributed by atoms with Crippen molar-refractivity contribution in [1.82, 2.24) is 5.32 Å². The lowest BCUT2D eigenvalue weighted by Crippen LogP contribution is -2.28. The predicted molar refractivity (Wildman–Crippen MR) is 68.9 cm³/mol. The third-order valence-corrected chi connectivity index (χ3v) is 2.87. The van der Waals surface area contributed by atoms with Crippen molar-refractivity contribution in [1.29, 1.82) is 0 Å². The quantitative estimate of drug-likeness (QED) is 0.793. The minimum atomic E-state index is 0.396. The van der Waals surface area contributed by atoms with Crippen LogP contribution < -0.4 is 10.1 Å². The van der Waals surface area contributed by atoms with Gasteiger partial charge < -0.3 is 10.1 Å². The van der Waals surface area contributed by atoms with Crippen molar-refractivity contribution < 1.29 is 4.74 Å². The van der Waals surface area contributed by atoms with Gasteiger partial charge >= 0.3 is 0 Å². The highest BCUT2D eigenvalue weighted by Gasteiger charge is 2.08. The average molecular weight is 221 g/mol. The van der Waals surface area contributed by atoms with Crippen LogP contribution in [0.5, 0.6) is 5.75 Å². The number of methoxy groups -OCH3 is 1. The zero-order chi connectivity index (χ0) is 12.0. The minimum absolute atomic E-state index is 0.396. The van der Waals surface area contributed by atoms with Gasteiger partial charge in [0.15, 0.2) is 0 Å². The maximum absolute atomic E-state index is 5.15. The van der Waals surface area contributed by atoms with Gasteiger partial charge in [0.25, 0.3) is 0 Å². The molecule has 2 atom stereocenters. The summed E-state index contributed by atoms with van der Waals surface area (Å²) in [6.45, 7) is 6.66. The number of nitrogens with one attached hydrogen (secondary N) is 1. The first-order valence-electron chi connectivity index (χ1n) is 6.07. The van der Waals surface area contributed by atoms with Gasteiger partial charge in [0.05, 0.1) is 7.11 Å². The second-order valence-corrected chi connectivity index (χ2v) is 4.35. The van der Waals surface area contributed by atoms with E-state index in [9.17, 15) is 0 Å². The van der Waals surface area contributed by atoms with Crippen LogP contribution in [0.2, 0.25) is 0 Å². The topological polar surface area (TPSA) is 21.3 Å². The van der Waals surface area contributed by atoms with Crippen molar-refractivity contribution in [3.8, 4) is 5.75 Å². The summed E-state index contributed by atoms with van der Waals surface area (Å²) in [5.74, 6) is 0.914. The van der Waals surface area contributed by atoms with Crippen LogP contribution in [0.1, 0.15) is 45.2 Å². The molecule has 90 valence electrons. The molecule has 0 saturated heterocycles. The first kappa shape index (κ1) is 13.0. The molecule has 1 rings (SSSR count). The number of rotatable bonds is 6. The van der Waals surface area contributed by atoms with E-state index in [0.717, 1.165) is 5.75 Å². The van der Waals surface area contributed by atoms with Crippen molar-refractivity contribution in [2.24, 2.45) is 0 Å². The minimum Gasteiger partial charge on any atom is -0.497 e. The Bertz CT molecular complexity index is 294. The third-order valence-electron chi connectivity index (χ3n) is 2.87. The van der Waals surface area contributed by atoms with E-state index in [4.69, 9.17) is 4.74 Å². The molecule has 1 aromatic carbocycles. The van der Waals surface area contributed by atoms with Crippen LogP contribution in [0.15, 0.2) is 24.3 Å². The normalized spacial score (nSPS) is 14.5. The Morgan fingerprint density at radius 1 is 1.19 bits per heavy atom. The summed E-state index contributed by atoms with van der Waals surface area (Å²) >= 11 is 0. The van der Waals surface area contributed by atoms with Crippen LogP contribution in [0, 0.1) is 0 Å². The molecule has 0 aromatic heterocycles. The van der Waals surface area contributed by atoms with E-state index in [-0.39, 0.29) is 0 Å². The first-order valence-corrected chi connectivity index (χ1v) is 6.07. The molecule has 1 unspecified atom stereocenters. The van der Waals surface area contributed by atoms with Gasteiger partial charge in [-0.05, 0) is 38.0 Å². The molecule has 2 nitrogen and oxygen atoms in total. The number of benzene rings is 1. The third kappa shape index (κ3) is 3.86. The van der Waals surface area contributed by atoms with E-state index in [2.05, 4.69) is 38.2 Å². The summed E-state index contributed by atoms with van der Waals surface area (Å²) in [5, 5.41) is 3.59. The van der Waals surface area contributed by atoms with Crippen molar-refractivity contribution in [3.63, 3.8) is 0 Å². The van der Waals surface area contributed by atoms with Gasteiger partial charge in [0.1, 0.15) is 5.75 Å². The smallest absolute Gasteiger partial charge is 0.118 e. The van der Waals surface area contributed by atoms with E-state index < -0.39 is 0 Å². The molecule has 0 aliphatic carbocycles. The molecule has 0 aliphatic heterocycles.